The highest BCUT2D eigenvalue weighted by molar-refractivity contribution is 5.89. The minimum atomic E-state index is -0.282. The second kappa shape index (κ2) is 6.79. The van der Waals surface area contributed by atoms with Crippen molar-refractivity contribution < 1.29 is 4.39 Å². The molecule has 0 spiro atoms. The average molecular weight is 348 g/mol. The molecule has 0 aliphatic rings. The molecular formula is C19H17FN6. The number of benzene rings is 2. The number of nitrogens with one attached hydrogen (secondary N) is 2. The molecule has 0 bridgehead atoms. The summed E-state index contributed by atoms with van der Waals surface area (Å²) in [6.07, 6.45) is 1.71. The fourth-order valence-corrected chi connectivity index (χ4v) is 2.64. The molecule has 0 amide bonds. The molecule has 7 heteroatoms. The minimum Gasteiger partial charge on any atom is -0.350 e. The Morgan fingerprint density at radius 2 is 1.77 bits per heavy atom. The van der Waals surface area contributed by atoms with Crippen molar-refractivity contribution in [2.24, 2.45) is 7.05 Å². The van der Waals surface area contributed by atoms with Gasteiger partial charge in [0.2, 0.25) is 5.95 Å². The minimum absolute atomic E-state index is 0.282. The van der Waals surface area contributed by atoms with E-state index < -0.39 is 0 Å². The van der Waals surface area contributed by atoms with Crippen molar-refractivity contribution in [1.29, 1.82) is 0 Å². The normalized spacial score (nSPS) is 10.8. The molecule has 2 heterocycles. The van der Waals surface area contributed by atoms with Gasteiger partial charge in [-0.15, -0.1) is 0 Å². The van der Waals surface area contributed by atoms with Crippen molar-refractivity contribution >= 4 is 28.5 Å². The Labute approximate surface area is 149 Å². The Hall–Kier alpha value is -3.48. The van der Waals surface area contributed by atoms with E-state index in [-0.39, 0.29) is 5.82 Å². The highest BCUT2D eigenvalue weighted by Crippen LogP contribution is 2.25. The molecule has 0 aliphatic heterocycles. The Morgan fingerprint density at radius 3 is 2.54 bits per heavy atom. The lowest BCUT2D eigenvalue weighted by atomic mass is 10.2. The van der Waals surface area contributed by atoms with E-state index in [0.717, 1.165) is 16.6 Å². The van der Waals surface area contributed by atoms with Crippen LogP contribution in [-0.4, -0.2) is 19.7 Å². The smallest absolute Gasteiger partial charge is 0.227 e. The second-order valence-corrected chi connectivity index (χ2v) is 5.87. The standard InChI is InChI=1S/C19H17FN6/c1-26-18-16(12-22-26)17(23-15-9-7-14(20)8-10-15)24-19(25-18)21-11-13-5-3-2-4-6-13/h2-10,12H,11H2,1H3,(H2,21,23,24,25). The summed E-state index contributed by atoms with van der Waals surface area (Å²) in [5, 5.41) is 11.5. The molecular weight excluding hydrogens is 331 g/mol. The highest BCUT2D eigenvalue weighted by Gasteiger charge is 2.12. The van der Waals surface area contributed by atoms with Gasteiger partial charge in [0.05, 0.1) is 11.6 Å². The van der Waals surface area contributed by atoms with E-state index >= 15 is 0 Å². The summed E-state index contributed by atoms with van der Waals surface area (Å²) in [7, 11) is 1.83. The van der Waals surface area contributed by atoms with Crippen LogP contribution in [0.25, 0.3) is 11.0 Å². The second-order valence-electron chi connectivity index (χ2n) is 5.87. The van der Waals surface area contributed by atoms with Crippen LogP contribution in [0.2, 0.25) is 0 Å². The lowest BCUT2D eigenvalue weighted by molar-refractivity contribution is 0.628. The summed E-state index contributed by atoms with van der Waals surface area (Å²) in [6, 6.07) is 16.2. The van der Waals surface area contributed by atoms with Gasteiger partial charge >= 0.3 is 0 Å². The largest absolute Gasteiger partial charge is 0.350 e. The predicted molar refractivity (Wildman–Crippen MR) is 99.8 cm³/mol. The first-order valence-corrected chi connectivity index (χ1v) is 8.19. The van der Waals surface area contributed by atoms with Gasteiger partial charge in [-0.1, -0.05) is 30.3 Å². The molecule has 26 heavy (non-hydrogen) atoms. The Morgan fingerprint density at radius 1 is 1.00 bits per heavy atom. The quantitative estimate of drug-likeness (QED) is 0.573. The number of fused-ring (bicyclic) bond motifs is 1. The van der Waals surface area contributed by atoms with E-state index in [1.165, 1.54) is 12.1 Å². The van der Waals surface area contributed by atoms with Crippen LogP contribution in [0.1, 0.15) is 5.56 Å². The number of nitrogens with zero attached hydrogens (tertiary/aromatic N) is 4. The van der Waals surface area contributed by atoms with Gasteiger partial charge in [0, 0.05) is 19.3 Å². The van der Waals surface area contributed by atoms with Crippen LogP contribution in [0.15, 0.2) is 60.8 Å². The SMILES string of the molecule is Cn1ncc2c(Nc3ccc(F)cc3)nc(NCc3ccccc3)nc21. The summed E-state index contributed by atoms with van der Waals surface area (Å²) in [5.74, 6) is 0.829. The van der Waals surface area contributed by atoms with E-state index in [4.69, 9.17) is 0 Å². The van der Waals surface area contributed by atoms with Gasteiger partial charge < -0.3 is 10.6 Å². The molecule has 2 aromatic heterocycles. The van der Waals surface area contributed by atoms with Gasteiger partial charge in [-0.2, -0.15) is 15.1 Å². The topological polar surface area (TPSA) is 67.7 Å². The van der Waals surface area contributed by atoms with E-state index in [9.17, 15) is 4.39 Å². The number of halogens is 1. The molecule has 130 valence electrons. The number of hydrogen-bond donors (Lipinski definition) is 2. The van der Waals surface area contributed by atoms with Gasteiger partial charge in [-0.25, -0.2) is 4.39 Å². The number of rotatable bonds is 5. The van der Waals surface area contributed by atoms with Crippen molar-refractivity contribution in [2.45, 2.75) is 6.54 Å². The molecule has 0 atom stereocenters. The highest BCUT2D eigenvalue weighted by atomic mass is 19.1. The van der Waals surface area contributed by atoms with Gasteiger partial charge in [-0.3, -0.25) is 4.68 Å². The third-order valence-electron chi connectivity index (χ3n) is 3.99. The molecule has 4 aromatic rings. The summed E-state index contributed by atoms with van der Waals surface area (Å²) >= 11 is 0. The molecule has 4 rings (SSSR count). The van der Waals surface area contributed by atoms with Crippen LogP contribution in [0.5, 0.6) is 0 Å². The maximum absolute atomic E-state index is 13.1. The van der Waals surface area contributed by atoms with Gasteiger partial charge in [-0.05, 0) is 29.8 Å². The first-order valence-electron chi connectivity index (χ1n) is 8.19. The molecule has 0 saturated heterocycles. The monoisotopic (exact) mass is 348 g/mol. The fourth-order valence-electron chi connectivity index (χ4n) is 2.64. The molecule has 0 saturated carbocycles. The zero-order valence-electron chi connectivity index (χ0n) is 14.1. The Balaban J connectivity index is 1.65. The summed E-state index contributed by atoms with van der Waals surface area (Å²) < 4.78 is 14.8. The maximum Gasteiger partial charge on any atom is 0.227 e. The van der Waals surface area contributed by atoms with E-state index in [2.05, 4.69) is 25.7 Å². The van der Waals surface area contributed by atoms with Crippen molar-refractivity contribution in [2.75, 3.05) is 10.6 Å². The predicted octanol–water partition coefficient (Wildman–Crippen LogP) is 3.86. The first-order chi connectivity index (χ1) is 12.7. The van der Waals surface area contributed by atoms with Gasteiger partial charge in [0.25, 0.3) is 0 Å². The number of aromatic nitrogens is 4. The van der Waals surface area contributed by atoms with Crippen molar-refractivity contribution in [3.8, 4) is 0 Å². The van der Waals surface area contributed by atoms with Crippen LogP contribution in [0.4, 0.5) is 21.8 Å². The van der Waals surface area contributed by atoms with Gasteiger partial charge in [0.15, 0.2) is 5.65 Å². The van der Waals surface area contributed by atoms with Crippen molar-refractivity contribution in [3.63, 3.8) is 0 Å². The van der Waals surface area contributed by atoms with E-state index in [1.807, 2.05) is 37.4 Å². The molecule has 2 N–H and O–H groups in total. The zero-order chi connectivity index (χ0) is 17.9. The summed E-state index contributed by atoms with van der Waals surface area (Å²) in [5.41, 5.74) is 2.58. The fraction of sp³-hybridized carbons (Fsp3) is 0.105. The van der Waals surface area contributed by atoms with E-state index in [0.29, 0.717) is 24.0 Å². The Kier molecular flexibility index (Phi) is 4.18. The maximum atomic E-state index is 13.1. The lowest BCUT2D eigenvalue weighted by Gasteiger charge is -2.10. The molecule has 2 aromatic carbocycles. The molecule has 0 radical (unpaired) electrons. The third-order valence-corrected chi connectivity index (χ3v) is 3.99. The van der Waals surface area contributed by atoms with Crippen molar-refractivity contribution in [1.82, 2.24) is 19.7 Å². The van der Waals surface area contributed by atoms with Crippen LogP contribution in [0, 0.1) is 5.82 Å². The van der Waals surface area contributed by atoms with Gasteiger partial charge in [0.1, 0.15) is 11.6 Å². The van der Waals surface area contributed by atoms with Crippen molar-refractivity contribution in [3.05, 3.63) is 72.2 Å². The number of hydrogen-bond acceptors (Lipinski definition) is 5. The van der Waals surface area contributed by atoms with Crippen LogP contribution in [0.3, 0.4) is 0 Å². The molecule has 0 aliphatic carbocycles. The summed E-state index contributed by atoms with van der Waals surface area (Å²) in [4.78, 5) is 9.11. The first kappa shape index (κ1) is 16.0. The molecule has 0 fully saturated rings. The number of aryl methyl sites for hydroxylation is 1. The number of anilines is 3. The molecule has 0 unspecified atom stereocenters. The van der Waals surface area contributed by atoms with Crippen LogP contribution < -0.4 is 10.6 Å². The van der Waals surface area contributed by atoms with Crippen LogP contribution >= 0.6 is 0 Å². The third kappa shape index (κ3) is 3.32. The average Bonchev–Trinajstić information content (AvgIpc) is 3.04. The van der Waals surface area contributed by atoms with Crippen LogP contribution in [-0.2, 0) is 13.6 Å². The zero-order valence-corrected chi connectivity index (χ0v) is 14.1. The lowest BCUT2D eigenvalue weighted by Crippen LogP contribution is -2.06. The summed E-state index contributed by atoms with van der Waals surface area (Å²) in [6.45, 7) is 0.611. The Bertz CT molecular complexity index is 1030. The molecule has 6 nitrogen and oxygen atoms in total. The van der Waals surface area contributed by atoms with E-state index in [1.54, 1.807) is 23.0 Å².